The van der Waals surface area contributed by atoms with Gasteiger partial charge in [-0.1, -0.05) is 6.07 Å². The van der Waals surface area contributed by atoms with Crippen LogP contribution in [-0.2, 0) is 13.1 Å². The third kappa shape index (κ3) is 3.05. The summed E-state index contributed by atoms with van der Waals surface area (Å²) in [7, 11) is 0. The van der Waals surface area contributed by atoms with E-state index >= 15 is 0 Å². The molecule has 2 aromatic heterocycles. The molecule has 2 N–H and O–H groups in total. The number of nitrogens with two attached hydrogens (primary N) is 1. The van der Waals surface area contributed by atoms with E-state index in [9.17, 15) is 0 Å². The van der Waals surface area contributed by atoms with Crippen molar-refractivity contribution in [1.82, 2.24) is 9.97 Å². The summed E-state index contributed by atoms with van der Waals surface area (Å²) in [6.45, 7) is 4.31. The minimum atomic E-state index is 0.479. The Hall–Kier alpha value is -1.94. The van der Waals surface area contributed by atoms with Gasteiger partial charge in [0.25, 0.3) is 0 Å². The van der Waals surface area contributed by atoms with Crippen LogP contribution in [0.25, 0.3) is 0 Å². The molecule has 0 aliphatic heterocycles. The molecule has 2 rings (SSSR count). The van der Waals surface area contributed by atoms with Crippen molar-refractivity contribution in [1.29, 1.82) is 0 Å². The zero-order valence-electron chi connectivity index (χ0n) is 10.6. The lowest BCUT2D eigenvalue weighted by Crippen LogP contribution is -2.22. The number of anilines is 1. The molecule has 0 saturated heterocycles. The molecule has 0 atom stereocenters. The molecule has 0 spiro atoms. The summed E-state index contributed by atoms with van der Waals surface area (Å²) in [6, 6.07) is 9.99. The summed E-state index contributed by atoms with van der Waals surface area (Å²) >= 11 is 0. The van der Waals surface area contributed by atoms with Crippen molar-refractivity contribution in [3.8, 4) is 0 Å². The van der Waals surface area contributed by atoms with Gasteiger partial charge in [0, 0.05) is 19.3 Å². The summed E-state index contributed by atoms with van der Waals surface area (Å²) in [5.74, 6) is 0. The Kier molecular flexibility index (Phi) is 4.25. The Bertz CT molecular complexity index is 467. The van der Waals surface area contributed by atoms with E-state index in [4.69, 9.17) is 5.73 Å². The van der Waals surface area contributed by atoms with E-state index in [2.05, 4.69) is 27.9 Å². The fourth-order valence-electron chi connectivity index (χ4n) is 1.80. The summed E-state index contributed by atoms with van der Waals surface area (Å²) in [5, 5.41) is 0. The summed E-state index contributed by atoms with van der Waals surface area (Å²) in [6.07, 6.45) is 3.69. The number of hydrogen-bond acceptors (Lipinski definition) is 4. The van der Waals surface area contributed by atoms with Crippen molar-refractivity contribution in [2.24, 2.45) is 5.73 Å². The van der Waals surface area contributed by atoms with Crippen molar-refractivity contribution in [2.75, 3.05) is 11.4 Å². The number of hydrogen-bond donors (Lipinski definition) is 1. The van der Waals surface area contributed by atoms with Crippen molar-refractivity contribution < 1.29 is 0 Å². The van der Waals surface area contributed by atoms with Gasteiger partial charge in [-0.15, -0.1) is 0 Å². The first-order valence-corrected chi connectivity index (χ1v) is 6.13. The standard InChI is InChI=1S/C14H18N4/c1-2-18(11-13-5-3-4-8-16-13)14-7-6-12(9-15)17-10-14/h3-8,10H,2,9,11,15H2,1H3. The number of rotatable bonds is 5. The third-order valence-electron chi connectivity index (χ3n) is 2.84. The highest BCUT2D eigenvalue weighted by molar-refractivity contribution is 5.44. The molecule has 4 heteroatoms. The van der Waals surface area contributed by atoms with Gasteiger partial charge in [0.15, 0.2) is 0 Å². The zero-order chi connectivity index (χ0) is 12.8. The Balaban J connectivity index is 2.12. The Morgan fingerprint density at radius 1 is 1.11 bits per heavy atom. The third-order valence-corrected chi connectivity index (χ3v) is 2.84. The predicted molar refractivity (Wildman–Crippen MR) is 73.1 cm³/mol. The maximum absolute atomic E-state index is 5.55. The van der Waals surface area contributed by atoms with Gasteiger partial charge >= 0.3 is 0 Å². The fourth-order valence-corrected chi connectivity index (χ4v) is 1.80. The summed E-state index contributed by atoms with van der Waals surface area (Å²) < 4.78 is 0. The smallest absolute Gasteiger partial charge is 0.0602 e. The maximum atomic E-state index is 5.55. The second-order valence-electron chi connectivity index (χ2n) is 4.05. The quantitative estimate of drug-likeness (QED) is 0.870. The van der Waals surface area contributed by atoms with Crippen LogP contribution in [0.15, 0.2) is 42.7 Å². The first-order valence-electron chi connectivity index (χ1n) is 6.13. The van der Waals surface area contributed by atoms with Crippen LogP contribution in [0.4, 0.5) is 5.69 Å². The minimum absolute atomic E-state index is 0.479. The largest absolute Gasteiger partial charge is 0.365 e. The Morgan fingerprint density at radius 2 is 2.00 bits per heavy atom. The SMILES string of the molecule is CCN(Cc1ccccn1)c1ccc(CN)nc1. The molecule has 0 aliphatic carbocycles. The molecule has 2 aromatic rings. The minimum Gasteiger partial charge on any atom is -0.365 e. The number of aromatic nitrogens is 2. The van der Waals surface area contributed by atoms with Gasteiger partial charge in [0.05, 0.1) is 29.8 Å². The molecule has 4 nitrogen and oxygen atoms in total. The van der Waals surface area contributed by atoms with Gasteiger partial charge in [-0.05, 0) is 31.2 Å². The van der Waals surface area contributed by atoms with E-state index in [1.807, 2.05) is 36.7 Å². The van der Waals surface area contributed by atoms with Gasteiger partial charge in [0.1, 0.15) is 0 Å². The van der Waals surface area contributed by atoms with E-state index in [1.54, 1.807) is 0 Å². The van der Waals surface area contributed by atoms with Crippen LogP contribution in [0.3, 0.4) is 0 Å². The molecule has 2 heterocycles. The normalized spacial score (nSPS) is 10.3. The highest BCUT2D eigenvalue weighted by atomic mass is 15.1. The van der Waals surface area contributed by atoms with Crippen LogP contribution < -0.4 is 10.6 Å². The van der Waals surface area contributed by atoms with E-state index < -0.39 is 0 Å². The van der Waals surface area contributed by atoms with Crippen LogP contribution in [0, 0.1) is 0 Å². The highest BCUT2D eigenvalue weighted by Gasteiger charge is 2.06. The molecule has 0 aromatic carbocycles. The van der Waals surface area contributed by atoms with Crippen LogP contribution in [0.1, 0.15) is 18.3 Å². The monoisotopic (exact) mass is 242 g/mol. The number of pyridine rings is 2. The molecule has 0 radical (unpaired) electrons. The van der Waals surface area contributed by atoms with Gasteiger partial charge in [-0.3, -0.25) is 9.97 Å². The van der Waals surface area contributed by atoms with Crippen molar-refractivity contribution >= 4 is 5.69 Å². The first kappa shape index (κ1) is 12.5. The molecule has 18 heavy (non-hydrogen) atoms. The van der Waals surface area contributed by atoms with Gasteiger partial charge in [0.2, 0.25) is 0 Å². The number of nitrogens with zero attached hydrogens (tertiary/aromatic N) is 3. The average Bonchev–Trinajstić information content (AvgIpc) is 2.46. The molecular formula is C14H18N4. The first-order chi connectivity index (χ1) is 8.83. The van der Waals surface area contributed by atoms with Crippen molar-refractivity contribution in [3.63, 3.8) is 0 Å². The molecule has 0 unspecified atom stereocenters. The van der Waals surface area contributed by atoms with Gasteiger partial charge in [-0.25, -0.2) is 0 Å². The Labute approximate surface area is 107 Å². The summed E-state index contributed by atoms with van der Waals surface area (Å²) in [5.41, 5.74) is 8.61. The van der Waals surface area contributed by atoms with Crippen LogP contribution in [0.2, 0.25) is 0 Å². The van der Waals surface area contributed by atoms with E-state index in [0.29, 0.717) is 6.54 Å². The summed E-state index contributed by atoms with van der Waals surface area (Å²) in [4.78, 5) is 10.9. The molecule has 0 aliphatic rings. The zero-order valence-corrected chi connectivity index (χ0v) is 10.6. The maximum Gasteiger partial charge on any atom is 0.0602 e. The van der Waals surface area contributed by atoms with E-state index in [0.717, 1.165) is 30.2 Å². The van der Waals surface area contributed by atoms with Crippen LogP contribution >= 0.6 is 0 Å². The molecule has 0 saturated carbocycles. The van der Waals surface area contributed by atoms with E-state index in [-0.39, 0.29) is 0 Å². The predicted octanol–water partition coefficient (Wildman–Crippen LogP) is 1.96. The highest BCUT2D eigenvalue weighted by Crippen LogP contribution is 2.15. The topological polar surface area (TPSA) is 55.0 Å². The van der Waals surface area contributed by atoms with Crippen LogP contribution in [0.5, 0.6) is 0 Å². The van der Waals surface area contributed by atoms with E-state index in [1.165, 1.54) is 0 Å². The second kappa shape index (κ2) is 6.12. The van der Waals surface area contributed by atoms with Gasteiger partial charge < -0.3 is 10.6 Å². The second-order valence-corrected chi connectivity index (χ2v) is 4.05. The van der Waals surface area contributed by atoms with Crippen molar-refractivity contribution in [2.45, 2.75) is 20.0 Å². The lowest BCUT2D eigenvalue weighted by atomic mass is 10.2. The molecule has 0 fully saturated rings. The van der Waals surface area contributed by atoms with Gasteiger partial charge in [-0.2, -0.15) is 0 Å². The lowest BCUT2D eigenvalue weighted by Gasteiger charge is -2.22. The lowest BCUT2D eigenvalue weighted by molar-refractivity contribution is 0.805. The molecule has 94 valence electrons. The molecular weight excluding hydrogens is 224 g/mol. The average molecular weight is 242 g/mol. The molecule has 0 bridgehead atoms. The molecule has 0 amide bonds. The van der Waals surface area contributed by atoms with Crippen molar-refractivity contribution in [3.05, 3.63) is 54.1 Å². The Morgan fingerprint density at radius 3 is 2.56 bits per heavy atom. The fraction of sp³-hybridized carbons (Fsp3) is 0.286. The van der Waals surface area contributed by atoms with Crippen LogP contribution in [-0.4, -0.2) is 16.5 Å².